The summed E-state index contributed by atoms with van der Waals surface area (Å²) in [7, 11) is 1.54. The van der Waals surface area contributed by atoms with Crippen molar-refractivity contribution < 1.29 is 13.9 Å². The Morgan fingerprint density at radius 1 is 1.20 bits per heavy atom. The van der Waals surface area contributed by atoms with Crippen molar-refractivity contribution in [3.63, 3.8) is 0 Å². The van der Waals surface area contributed by atoms with Crippen molar-refractivity contribution in [2.75, 3.05) is 12.4 Å². The van der Waals surface area contributed by atoms with Crippen LogP contribution in [-0.2, 0) is 0 Å². The van der Waals surface area contributed by atoms with Crippen LogP contribution in [0.5, 0.6) is 5.75 Å². The third kappa shape index (κ3) is 3.37. The molecule has 0 unspecified atom stereocenters. The molecule has 1 N–H and O–H groups in total. The first-order valence-corrected chi connectivity index (χ1v) is 7.20. The predicted octanol–water partition coefficient (Wildman–Crippen LogP) is 4.61. The molecule has 1 amide bonds. The van der Waals surface area contributed by atoms with Gasteiger partial charge in [-0.2, -0.15) is 0 Å². The second-order valence-electron chi connectivity index (χ2n) is 3.93. The summed E-state index contributed by atoms with van der Waals surface area (Å²) in [6.45, 7) is 0. The first-order chi connectivity index (χ1) is 9.51. The summed E-state index contributed by atoms with van der Waals surface area (Å²) in [5.41, 5.74) is 0.533. The van der Waals surface area contributed by atoms with Gasteiger partial charge in [0.1, 0.15) is 11.6 Å². The molecule has 0 fully saturated rings. The van der Waals surface area contributed by atoms with Gasteiger partial charge in [-0.25, -0.2) is 4.39 Å². The summed E-state index contributed by atoms with van der Waals surface area (Å²) < 4.78 is 20.0. The van der Waals surface area contributed by atoms with Gasteiger partial charge < -0.3 is 10.1 Å². The molecule has 0 aliphatic rings. The first-order valence-electron chi connectivity index (χ1n) is 5.61. The number of amides is 1. The molecule has 2 aromatic carbocycles. The lowest BCUT2D eigenvalue weighted by Gasteiger charge is -2.08. The maximum Gasteiger partial charge on any atom is 0.255 e. The average Bonchev–Trinajstić information content (AvgIpc) is 2.41. The van der Waals surface area contributed by atoms with E-state index in [1.165, 1.54) is 19.2 Å². The minimum Gasteiger partial charge on any atom is -0.496 e. The fourth-order valence-corrected chi connectivity index (χ4v) is 2.47. The normalized spacial score (nSPS) is 10.2. The van der Waals surface area contributed by atoms with Gasteiger partial charge in [0.15, 0.2) is 0 Å². The summed E-state index contributed by atoms with van der Waals surface area (Å²) in [6, 6.07) is 9.33. The molecular formula is C14H10Br2FNO2. The van der Waals surface area contributed by atoms with Crippen LogP contribution >= 0.6 is 31.9 Å². The molecule has 0 saturated carbocycles. The summed E-state index contributed by atoms with van der Waals surface area (Å²) in [4.78, 5) is 12.1. The topological polar surface area (TPSA) is 38.3 Å². The van der Waals surface area contributed by atoms with E-state index in [1.807, 2.05) is 0 Å². The fourth-order valence-electron chi connectivity index (χ4n) is 1.59. The summed E-state index contributed by atoms with van der Waals surface area (Å²) in [5, 5.41) is 2.52. The highest BCUT2D eigenvalue weighted by atomic mass is 79.9. The van der Waals surface area contributed by atoms with E-state index in [4.69, 9.17) is 4.74 Å². The fraction of sp³-hybridized carbons (Fsp3) is 0.0714. The summed E-state index contributed by atoms with van der Waals surface area (Å²) >= 11 is 6.46. The molecule has 0 bridgehead atoms. The van der Waals surface area contributed by atoms with Gasteiger partial charge in [-0.05, 0) is 52.3 Å². The lowest BCUT2D eigenvalue weighted by atomic mass is 10.2. The van der Waals surface area contributed by atoms with Crippen LogP contribution in [0.15, 0.2) is 45.3 Å². The standard InChI is InChI=1S/C14H10Br2FNO2/c1-20-13-5-2-8(6-10(13)16)14(19)18-12-4-3-9(15)7-11(12)17/h2-7H,1H3,(H,18,19). The van der Waals surface area contributed by atoms with Crippen molar-refractivity contribution in [1.29, 1.82) is 0 Å². The van der Waals surface area contributed by atoms with Crippen LogP contribution in [0, 0.1) is 5.82 Å². The minimum absolute atomic E-state index is 0.130. The van der Waals surface area contributed by atoms with Gasteiger partial charge >= 0.3 is 0 Å². The average molecular weight is 403 g/mol. The molecule has 0 spiro atoms. The monoisotopic (exact) mass is 401 g/mol. The maximum atomic E-state index is 13.7. The number of hydrogen-bond donors (Lipinski definition) is 1. The molecule has 0 aliphatic carbocycles. The third-order valence-electron chi connectivity index (χ3n) is 2.59. The van der Waals surface area contributed by atoms with E-state index in [2.05, 4.69) is 37.2 Å². The third-order valence-corrected chi connectivity index (χ3v) is 3.71. The van der Waals surface area contributed by atoms with E-state index < -0.39 is 11.7 Å². The Hall–Kier alpha value is -1.40. The number of carbonyl (C=O) groups is 1. The predicted molar refractivity (Wildman–Crippen MR) is 82.7 cm³/mol. The minimum atomic E-state index is -0.500. The summed E-state index contributed by atoms with van der Waals surface area (Å²) in [5.74, 6) is -0.272. The Kier molecular flexibility index (Phi) is 4.77. The number of nitrogens with one attached hydrogen (secondary N) is 1. The van der Waals surface area contributed by atoms with Crippen LogP contribution in [-0.4, -0.2) is 13.0 Å². The highest BCUT2D eigenvalue weighted by molar-refractivity contribution is 9.10. The van der Waals surface area contributed by atoms with Crippen LogP contribution in [0.3, 0.4) is 0 Å². The Balaban J connectivity index is 2.21. The van der Waals surface area contributed by atoms with Crippen LogP contribution in [0.25, 0.3) is 0 Å². The van der Waals surface area contributed by atoms with Crippen molar-refractivity contribution in [2.24, 2.45) is 0 Å². The number of methoxy groups -OCH3 is 1. The van der Waals surface area contributed by atoms with Crippen LogP contribution in [0.2, 0.25) is 0 Å². The molecule has 0 radical (unpaired) electrons. The number of benzene rings is 2. The molecule has 3 nitrogen and oxygen atoms in total. The molecule has 0 aromatic heterocycles. The van der Waals surface area contributed by atoms with E-state index in [9.17, 15) is 9.18 Å². The van der Waals surface area contributed by atoms with Gasteiger partial charge in [-0.3, -0.25) is 4.79 Å². The molecular weight excluding hydrogens is 393 g/mol. The van der Waals surface area contributed by atoms with E-state index in [1.54, 1.807) is 24.3 Å². The quantitative estimate of drug-likeness (QED) is 0.813. The van der Waals surface area contributed by atoms with Crippen molar-refractivity contribution in [1.82, 2.24) is 0 Å². The highest BCUT2D eigenvalue weighted by Crippen LogP contribution is 2.26. The highest BCUT2D eigenvalue weighted by Gasteiger charge is 2.11. The van der Waals surface area contributed by atoms with E-state index in [-0.39, 0.29) is 5.69 Å². The van der Waals surface area contributed by atoms with Gasteiger partial charge in [0.2, 0.25) is 0 Å². The number of rotatable bonds is 3. The van der Waals surface area contributed by atoms with Crippen LogP contribution in [0.1, 0.15) is 10.4 Å². The molecule has 2 aromatic rings. The molecule has 0 atom stereocenters. The SMILES string of the molecule is COc1ccc(C(=O)Nc2ccc(Br)cc2F)cc1Br. The number of ether oxygens (including phenoxy) is 1. The molecule has 2 rings (SSSR count). The van der Waals surface area contributed by atoms with Crippen molar-refractivity contribution >= 4 is 43.5 Å². The Labute approximate surface area is 132 Å². The number of anilines is 1. The van der Waals surface area contributed by atoms with Gasteiger partial charge in [0.25, 0.3) is 5.91 Å². The molecule has 0 aliphatic heterocycles. The van der Waals surface area contributed by atoms with E-state index >= 15 is 0 Å². The van der Waals surface area contributed by atoms with Crippen molar-refractivity contribution in [3.8, 4) is 5.75 Å². The van der Waals surface area contributed by atoms with Gasteiger partial charge in [-0.15, -0.1) is 0 Å². The largest absolute Gasteiger partial charge is 0.496 e. The molecule has 20 heavy (non-hydrogen) atoms. The molecule has 104 valence electrons. The van der Waals surface area contributed by atoms with Gasteiger partial charge in [0, 0.05) is 10.0 Å². The molecule has 6 heteroatoms. The number of halogens is 3. The Bertz CT molecular complexity index is 662. The Morgan fingerprint density at radius 3 is 2.55 bits per heavy atom. The zero-order valence-electron chi connectivity index (χ0n) is 10.4. The molecule has 0 saturated heterocycles. The lowest BCUT2D eigenvalue weighted by molar-refractivity contribution is 0.102. The van der Waals surface area contributed by atoms with E-state index in [0.29, 0.717) is 20.3 Å². The van der Waals surface area contributed by atoms with Gasteiger partial charge in [-0.1, -0.05) is 15.9 Å². The zero-order valence-corrected chi connectivity index (χ0v) is 13.6. The van der Waals surface area contributed by atoms with Crippen molar-refractivity contribution in [2.45, 2.75) is 0 Å². The second-order valence-corrected chi connectivity index (χ2v) is 5.70. The number of hydrogen-bond acceptors (Lipinski definition) is 2. The van der Waals surface area contributed by atoms with Crippen LogP contribution in [0.4, 0.5) is 10.1 Å². The first kappa shape index (κ1) is 15.0. The summed E-state index contributed by atoms with van der Waals surface area (Å²) in [6.07, 6.45) is 0. The lowest BCUT2D eigenvalue weighted by Crippen LogP contribution is -2.13. The molecule has 0 heterocycles. The Morgan fingerprint density at radius 2 is 1.95 bits per heavy atom. The second kappa shape index (κ2) is 6.37. The van der Waals surface area contributed by atoms with Gasteiger partial charge in [0.05, 0.1) is 17.3 Å². The smallest absolute Gasteiger partial charge is 0.255 e. The number of carbonyl (C=O) groups excluding carboxylic acids is 1. The maximum absolute atomic E-state index is 13.7. The zero-order chi connectivity index (χ0) is 14.7. The van der Waals surface area contributed by atoms with Crippen LogP contribution < -0.4 is 10.1 Å². The van der Waals surface area contributed by atoms with E-state index in [0.717, 1.165) is 0 Å². The van der Waals surface area contributed by atoms with Crippen molar-refractivity contribution in [3.05, 3.63) is 56.7 Å².